The van der Waals surface area contributed by atoms with E-state index in [0.717, 1.165) is 0 Å². The standard InChI is InChI=1S/C12H11FN2O2/c13-12-10(4-3-6-14-12)17-9-8-15-7-2-1-5-11(15)16/h1-7H,8-9H2. The van der Waals surface area contributed by atoms with Crippen molar-refractivity contribution < 1.29 is 9.13 Å². The van der Waals surface area contributed by atoms with E-state index in [1.165, 1.54) is 22.9 Å². The second-order valence-corrected chi connectivity index (χ2v) is 3.37. The molecule has 2 aromatic heterocycles. The van der Waals surface area contributed by atoms with Crippen LogP contribution in [0.5, 0.6) is 5.75 Å². The zero-order valence-corrected chi connectivity index (χ0v) is 9.04. The highest BCUT2D eigenvalue weighted by atomic mass is 19.1. The van der Waals surface area contributed by atoms with Gasteiger partial charge in [0.15, 0.2) is 5.75 Å². The number of hydrogen-bond acceptors (Lipinski definition) is 3. The smallest absolute Gasteiger partial charge is 0.255 e. The van der Waals surface area contributed by atoms with E-state index in [-0.39, 0.29) is 17.9 Å². The Balaban J connectivity index is 1.95. The number of nitrogens with zero attached hydrogens (tertiary/aromatic N) is 2. The average molecular weight is 234 g/mol. The molecule has 2 aromatic rings. The summed E-state index contributed by atoms with van der Waals surface area (Å²) in [6.07, 6.45) is 3.01. The van der Waals surface area contributed by atoms with Gasteiger partial charge in [0, 0.05) is 18.5 Å². The first-order valence-electron chi connectivity index (χ1n) is 5.16. The lowest BCUT2D eigenvalue weighted by Crippen LogP contribution is -2.21. The molecule has 0 spiro atoms. The number of pyridine rings is 2. The highest BCUT2D eigenvalue weighted by molar-refractivity contribution is 5.17. The molecule has 0 unspecified atom stereocenters. The summed E-state index contributed by atoms with van der Waals surface area (Å²) < 4.78 is 19.8. The van der Waals surface area contributed by atoms with Crippen LogP contribution in [-0.4, -0.2) is 16.2 Å². The molecule has 2 rings (SSSR count). The van der Waals surface area contributed by atoms with E-state index in [0.29, 0.717) is 6.54 Å². The van der Waals surface area contributed by atoms with Gasteiger partial charge in [-0.05, 0) is 18.2 Å². The molecule has 0 amide bonds. The Bertz CT molecular complexity index is 554. The zero-order chi connectivity index (χ0) is 12.1. The van der Waals surface area contributed by atoms with Crippen LogP contribution in [0.1, 0.15) is 0 Å². The maximum atomic E-state index is 13.1. The first-order chi connectivity index (χ1) is 8.27. The van der Waals surface area contributed by atoms with E-state index in [9.17, 15) is 9.18 Å². The SMILES string of the molecule is O=c1ccccn1CCOc1cccnc1F. The predicted octanol–water partition coefficient (Wildman–Crippen LogP) is 1.46. The van der Waals surface area contributed by atoms with Crippen molar-refractivity contribution in [1.82, 2.24) is 9.55 Å². The molecule has 0 atom stereocenters. The summed E-state index contributed by atoms with van der Waals surface area (Å²) in [5.41, 5.74) is -0.109. The molecule has 0 saturated heterocycles. The van der Waals surface area contributed by atoms with E-state index in [2.05, 4.69) is 4.98 Å². The van der Waals surface area contributed by atoms with Gasteiger partial charge in [-0.2, -0.15) is 4.39 Å². The van der Waals surface area contributed by atoms with Crippen LogP contribution in [0.3, 0.4) is 0 Å². The van der Waals surface area contributed by atoms with Crippen molar-refractivity contribution in [2.75, 3.05) is 6.61 Å². The molecule has 5 heteroatoms. The second kappa shape index (κ2) is 5.25. The van der Waals surface area contributed by atoms with Gasteiger partial charge < -0.3 is 9.30 Å². The molecule has 0 aliphatic rings. The Kier molecular flexibility index (Phi) is 3.49. The van der Waals surface area contributed by atoms with Gasteiger partial charge in [-0.1, -0.05) is 6.07 Å². The van der Waals surface area contributed by atoms with Crippen molar-refractivity contribution >= 4 is 0 Å². The Morgan fingerprint density at radius 1 is 1.29 bits per heavy atom. The maximum Gasteiger partial charge on any atom is 0.255 e. The van der Waals surface area contributed by atoms with E-state index in [1.54, 1.807) is 24.4 Å². The molecule has 0 radical (unpaired) electrons. The van der Waals surface area contributed by atoms with Crippen molar-refractivity contribution in [1.29, 1.82) is 0 Å². The molecular formula is C12H11FN2O2. The Morgan fingerprint density at radius 2 is 2.18 bits per heavy atom. The minimum atomic E-state index is -0.645. The lowest BCUT2D eigenvalue weighted by molar-refractivity contribution is 0.279. The molecule has 0 saturated carbocycles. The third-order valence-electron chi connectivity index (χ3n) is 2.21. The van der Waals surface area contributed by atoms with Gasteiger partial charge in [0.2, 0.25) is 0 Å². The number of halogens is 1. The summed E-state index contributed by atoms with van der Waals surface area (Å²) >= 11 is 0. The van der Waals surface area contributed by atoms with Crippen LogP contribution < -0.4 is 10.3 Å². The van der Waals surface area contributed by atoms with Gasteiger partial charge in [0.25, 0.3) is 11.5 Å². The lowest BCUT2D eigenvalue weighted by Gasteiger charge is -2.07. The van der Waals surface area contributed by atoms with Crippen LogP contribution in [-0.2, 0) is 6.54 Å². The van der Waals surface area contributed by atoms with Crippen molar-refractivity contribution in [3.05, 3.63) is 59.0 Å². The van der Waals surface area contributed by atoms with Crippen molar-refractivity contribution in [2.24, 2.45) is 0 Å². The van der Waals surface area contributed by atoms with Gasteiger partial charge in [0.05, 0.1) is 6.54 Å². The minimum absolute atomic E-state index is 0.0940. The van der Waals surface area contributed by atoms with E-state index < -0.39 is 5.95 Å². The first-order valence-corrected chi connectivity index (χ1v) is 5.16. The highest BCUT2D eigenvalue weighted by Crippen LogP contribution is 2.12. The fourth-order valence-corrected chi connectivity index (χ4v) is 1.38. The number of rotatable bonds is 4. The molecular weight excluding hydrogens is 223 g/mol. The second-order valence-electron chi connectivity index (χ2n) is 3.37. The summed E-state index contributed by atoms with van der Waals surface area (Å²) in [4.78, 5) is 14.8. The Labute approximate surface area is 97.3 Å². The molecule has 0 aliphatic carbocycles. The van der Waals surface area contributed by atoms with Gasteiger partial charge in [-0.3, -0.25) is 4.79 Å². The highest BCUT2D eigenvalue weighted by Gasteiger charge is 2.02. The summed E-state index contributed by atoms with van der Waals surface area (Å²) in [6.45, 7) is 0.584. The Hall–Kier alpha value is -2.17. The van der Waals surface area contributed by atoms with E-state index in [1.807, 2.05) is 0 Å². The fraction of sp³-hybridized carbons (Fsp3) is 0.167. The summed E-state index contributed by atoms with van der Waals surface area (Å²) in [6, 6.07) is 7.97. The molecule has 88 valence electrons. The van der Waals surface area contributed by atoms with Gasteiger partial charge in [0.1, 0.15) is 6.61 Å². The molecule has 0 bridgehead atoms. The molecule has 0 fully saturated rings. The molecule has 4 nitrogen and oxygen atoms in total. The van der Waals surface area contributed by atoms with Crippen LogP contribution >= 0.6 is 0 Å². The van der Waals surface area contributed by atoms with Crippen LogP contribution in [0.15, 0.2) is 47.5 Å². The van der Waals surface area contributed by atoms with Crippen molar-refractivity contribution in [3.8, 4) is 5.75 Å². The summed E-state index contributed by atoms with van der Waals surface area (Å²) in [7, 11) is 0. The Morgan fingerprint density at radius 3 is 2.94 bits per heavy atom. The van der Waals surface area contributed by atoms with Gasteiger partial charge in [-0.15, -0.1) is 0 Å². The summed E-state index contributed by atoms with van der Waals surface area (Å²) in [5.74, 6) is -0.551. The minimum Gasteiger partial charge on any atom is -0.487 e. The maximum absolute atomic E-state index is 13.1. The number of hydrogen-bond donors (Lipinski definition) is 0. The van der Waals surface area contributed by atoms with Crippen LogP contribution in [0, 0.1) is 5.95 Å². The van der Waals surface area contributed by atoms with Gasteiger partial charge in [-0.25, -0.2) is 4.98 Å². The molecule has 2 heterocycles. The molecule has 0 aliphatic heterocycles. The zero-order valence-electron chi connectivity index (χ0n) is 9.04. The third-order valence-corrected chi connectivity index (χ3v) is 2.21. The van der Waals surface area contributed by atoms with Gasteiger partial charge >= 0.3 is 0 Å². The fourth-order valence-electron chi connectivity index (χ4n) is 1.38. The van der Waals surface area contributed by atoms with Crippen LogP contribution in [0.25, 0.3) is 0 Å². The topological polar surface area (TPSA) is 44.1 Å². The largest absolute Gasteiger partial charge is 0.487 e. The molecule has 0 N–H and O–H groups in total. The number of ether oxygens (including phenoxy) is 1. The van der Waals surface area contributed by atoms with Crippen LogP contribution in [0.4, 0.5) is 4.39 Å². The summed E-state index contributed by atoms with van der Waals surface area (Å²) in [5, 5.41) is 0. The monoisotopic (exact) mass is 234 g/mol. The average Bonchev–Trinajstić information content (AvgIpc) is 2.34. The normalized spacial score (nSPS) is 10.2. The predicted molar refractivity (Wildman–Crippen MR) is 60.4 cm³/mol. The number of aromatic nitrogens is 2. The first kappa shape index (κ1) is 11.3. The molecule has 0 aromatic carbocycles. The molecule has 17 heavy (non-hydrogen) atoms. The van der Waals surface area contributed by atoms with Crippen LogP contribution in [0.2, 0.25) is 0 Å². The van der Waals surface area contributed by atoms with E-state index in [4.69, 9.17) is 4.74 Å². The quantitative estimate of drug-likeness (QED) is 0.752. The van der Waals surface area contributed by atoms with Crippen molar-refractivity contribution in [3.63, 3.8) is 0 Å². The lowest BCUT2D eigenvalue weighted by atomic mass is 10.4. The van der Waals surface area contributed by atoms with Crippen molar-refractivity contribution in [2.45, 2.75) is 6.54 Å². The third kappa shape index (κ3) is 2.90. The van der Waals surface area contributed by atoms with E-state index >= 15 is 0 Å².